The standard InChI is InChI=1S/C21H28N2O6/c24-11-18-20-16(9-14(28-18)10-19(25)26)15-8-13(6-7-17(15)29-20)23-21(27)22-12-4-2-1-3-5-12/h6-8,12,14,16,18,20,24H,1-5,9-11H2,(H,25,26)(H2,22,23,27)/t14-,16-,18+,20+/m0/s1. The largest absolute Gasteiger partial charge is 0.487 e. The first-order valence-corrected chi connectivity index (χ1v) is 10.4. The minimum Gasteiger partial charge on any atom is -0.487 e. The van der Waals surface area contributed by atoms with Crippen molar-refractivity contribution in [1.29, 1.82) is 0 Å². The predicted molar refractivity (Wildman–Crippen MR) is 105 cm³/mol. The van der Waals surface area contributed by atoms with Crippen molar-refractivity contribution in [1.82, 2.24) is 5.32 Å². The van der Waals surface area contributed by atoms with E-state index in [4.69, 9.17) is 14.6 Å². The number of anilines is 1. The molecular weight excluding hydrogens is 376 g/mol. The van der Waals surface area contributed by atoms with Gasteiger partial charge in [0.15, 0.2) is 0 Å². The first kappa shape index (κ1) is 20.0. The lowest BCUT2D eigenvalue weighted by Gasteiger charge is -2.36. The second-order valence-electron chi connectivity index (χ2n) is 8.19. The van der Waals surface area contributed by atoms with Crippen LogP contribution in [0.5, 0.6) is 5.75 Å². The fraction of sp³-hybridized carbons (Fsp3) is 0.619. The smallest absolute Gasteiger partial charge is 0.319 e. The zero-order chi connectivity index (χ0) is 20.4. The van der Waals surface area contributed by atoms with E-state index in [1.54, 1.807) is 6.07 Å². The maximum Gasteiger partial charge on any atom is 0.319 e. The number of benzene rings is 1. The Morgan fingerprint density at radius 1 is 1.17 bits per heavy atom. The number of carbonyl (C=O) groups excluding carboxylic acids is 1. The number of carboxylic acid groups (broad SMARTS) is 1. The molecule has 0 bridgehead atoms. The number of fused-ring (bicyclic) bond motifs is 3. The van der Waals surface area contributed by atoms with Gasteiger partial charge < -0.3 is 30.3 Å². The number of rotatable bonds is 5. The van der Waals surface area contributed by atoms with E-state index in [1.807, 2.05) is 12.1 Å². The minimum atomic E-state index is -0.931. The van der Waals surface area contributed by atoms with Gasteiger partial charge in [-0.05, 0) is 37.5 Å². The third-order valence-electron chi connectivity index (χ3n) is 6.10. The normalized spacial score (nSPS) is 28.7. The lowest BCUT2D eigenvalue weighted by Crippen LogP contribution is -2.46. The van der Waals surface area contributed by atoms with E-state index < -0.39 is 18.2 Å². The zero-order valence-electron chi connectivity index (χ0n) is 16.3. The second-order valence-corrected chi connectivity index (χ2v) is 8.19. The van der Waals surface area contributed by atoms with Crippen LogP contribution in [0.3, 0.4) is 0 Å². The number of urea groups is 1. The molecule has 2 heterocycles. The number of amides is 2. The summed E-state index contributed by atoms with van der Waals surface area (Å²) in [6.07, 6.45) is 4.54. The molecule has 4 rings (SSSR count). The highest BCUT2D eigenvalue weighted by Gasteiger charge is 2.46. The molecule has 3 aliphatic rings. The summed E-state index contributed by atoms with van der Waals surface area (Å²) in [7, 11) is 0. The SMILES string of the molecule is O=C(O)C[C@@H]1C[C@H]2c3cc(NC(=O)NC4CCCCC4)ccc3O[C@H]2[C@@H](CO)O1. The number of aliphatic hydroxyl groups excluding tert-OH is 1. The molecular formula is C21H28N2O6. The molecule has 1 aromatic rings. The zero-order valence-corrected chi connectivity index (χ0v) is 16.3. The van der Waals surface area contributed by atoms with Crippen molar-refractivity contribution in [2.45, 2.75) is 75.2 Å². The van der Waals surface area contributed by atoms with Crippen molar-refractivity contribution >= 4 is 17.7 Å². The van der Waals surface area contributed by atoms with Crippen LogP contribution in [0.1, 0.15) is 56.4 Å². The Bertz CT molecular complexity index is 764. The average Bonchev–Trinajstić information content (AvgIpc) is 3.05. The molecule has 1 aromatic carbocycles. The van der Waals surface area contributed by atoms with Crippen LogP contribution in [0.25, 0.3) is 0 Å². The summed E-state index contributed by atoms with van der Waals surface area (Å²) in [5.41, 5.74) is 1.59. The highest BCUT2D eigenvalue weighted by molar-refractivity contribution is 5.89. The van der Waals surface area contributed by atoms with Gasteiger partial charge >= 0.3 is 12.0 Å². The van der Waals surface area contributed by atoms with E-state index in [-0.39, 0.29) is 37.1 Å². The molecule has 1 saturated carbocycles. The van der Waals surface area contributed by atoms with Gasteiger partial charge in [-0.1, -0.05) is 19.3 Å². The average molecular weight is 404 g/mol. The van der Waals surface area contributed by atoms with Crippen molar-refractivity contribution in [3.8, 4) is 5.75 Å². The van der Waals surface area contributed by atoms with E-state index in [1.165, 1.54) is 6.42 Å². The summed E-state index contributed by atoms with van der Waals surface area (Å²) in [6.45, 7) is -0.236. The maximum atomic E-state index is 12.4. The van der Waals surface area contributed by atoms with Crippen molar-refractivity contribution in [2.75, 3.05) is 11.9 Å². The summed E-state index contributed by atoms with van der Waals surface area (Å²) >= 11 is 0. The third kappa shape index (κ3) is 4.48. The number of ether oxygens (including phenoxy) is 2. The Labute approximate surface area is 169 Å². The van der Waals surface area contributed by atoms with Gasteiger partial charge in [0.2, 0.25) is 0 Å². The summed E-state index contributed by atoms with van der Waals surface area (Å²) < 4.78 is 11.7. The fourth-order valence-electron chi connectivity index (χ4n) is 4.76. The van der Waals surface area contributed by atoms with Crippen molar-refractivity contribution in [2.24, 2.45) is 0 Å². The molecule has 0 aromatic heterocycles. The Morgan fingerprint density at radius 2 is 1.97 bits per heavy atom. The number of hydrogen-bond acceptors (Lipinski definition) is 5. The summed E-state index contributed by atoms with van der Waals surface area (Å²) in [6, 6.07) is 5.50. The van der Waals surface area contributed by atoms with Crippen LogP contribution in [-0.4, -0.2) is 53.2 Å². The minimum absolute atomic E-state index is 0.0802. The van der Waals surface area contributed by atoms with Gasteiger partial charge in [-0.25, -0.2) is 4.79 Å². The number of hydrogen-bond donors (Lipinski definition) is 4. The van der Waals surface area contributed by atoms with E-state index in [9.17, 15) is 14.7 Å². The van der Waals surface area contributed by atoms with Gasteiger partial charge in [0.25, 0.3) is 0 Å². The summed E-state index contributed by atoms with van der Waals surface area (Å²) in [4.78, 5) is 23.5. The molecule has 1 saturated heterocycles. The monoisotopic (exact) mass is 404 g/mol. The molecule has 0 spiro atoms. The van der Waals surface area contributed by atoms with E-state index in [2.05, 4.69) is 10.6 Å². The molecule has 4 atom stereocenters. The lowest BCUT2D eigenvalue weighted by atomic mass is 9.84. The molecule has 8 heteroatoms. The lowest BCUT2D eigenvalue weighted by molar-refractivity contribution is -0.153. The number of aliphatic carboxylic acids is 1. The van der Waals surface area contributed by atoms with Crippen molar-refractivity contribution < 1.29 is 29.3 Å². The quantitative estimate of drug-likeness (QED) is 0.599. The van der Waals surface area contributed by atoms with Crippen molar-refractivity contribution in [3.63, 3.8) is 0 Å². The maximum absolute atomic E-state index is 12.4. The van der Waals surface area contributed by atoms with Crippen LogP contribution < -0.4 is 15.4 Å². The van der Waals surface area contributed by atoms with Crippen molar-refractivity contribution in [3.05, 3.63) is 23.8 Å². The number of nitrogens with one attached hydrogen (secondary N) is 2. The highest BCUT2D eigenvalue weighted by Crippen LogP contribution is 2.47. The predicted octanol–water partition coefficient (Wildman–Crippen LogP) is 2.61. The van der Waals surface area contributed by atoms with Crippen LogP contribution in [-0.2, 0) is 9.53 Å². The van der Waals surface area contributed by atoms with E-state index >= 15 is 0 Å². The molecule has 29 heavy (non-hydrogen) atoms. The van der Waals surface area contributed by atoms with Gasteiger partial charge in [0.1, 0.15) is 18.0 Å². The van der Waals surface area contributed by atoms with Crippen LogP contribution in [0.2, 0.25) is 0 Å². The third-order valence-corrected chi connectivity index (χ3v) is 6.10. The number of carboxylic acids is 1. The first-order valence-electron chi connectivity index (χ1n) is 10.4. The first-order chi connectivity index (χ1) is 14.0. The molecule has 8 nitrogen and oxygen atoms in total. The molecule has 2 fully saturated rings. The van der Waals surface area contributed by atoms with Crippen LogP contribution in [0, 0.1) is 0 Å². The van der Waals surface area contributed by atoms with Gasteiger partial charge in [-0.15, -0.1) is 0 Å². The number of carbonyl (C=O) groups is 2. The molecule has 4 N–H and O–H groups in total. The van der Waals surface area contributed by atoms with Crippen LogP contribution >= 0.6 is 0 Å². The van der Waals surface area contributed by atoms with Crippen LogP contribution in [0.15, 0.2) is 18.2 Å². The van der Waals surface area contributed by atoms with Crippen LogP contribution in [0.4, 0.5) is 10.5 Å². The fourth-order valence-corrected chi connectivity index (χ4v) is 4.76. The number of aliphatic hydroxyl groups is 1. The Balaban J connectivity index is 1.46. The van der Waals surface area contributed by atoms with E-state index in [0.717, 1.165) is 31.2 Å². The molecule has 2 amide bonds. The topological polar surface area (TPSA) is 117 Å². The molecule has 0 radical (unpaired) electrons. The Hall–Kier alpha value is -2.32. The Morgan fingerprint density at radius 3 is 2.69 bits per heavy atom. The molecule has 0 unspecified atom stereocenters. The van der Waals surface area contributed by atoms with Gasteiger partial charge in [0.05, 0.1) is 19.1 Å². The molecule has 1 aliphatic carbocycles. The highest BCUT2D eigenvalue weighted by atomic mass is 16.6. The molecule has 2 aliphatic heterocycles. The summed E-state index contributed by atoms with van der Waals surface area (Å²) in [5.74, 6) is -0.321. The molecule has 158 valence electrons. The summed E-state index contributed by atoms with van der Waals surface area (Å²) in [5, 5.41) is 24.7. The second kappa shape index (κ2) is 8.59. The van der Waals surface area contributed by atoms with E-state index in [0.29, 0.717) is 17.9 Å². The Kier molecular flexibility index (Phi) is 5.91. The van der Waals surface area contributed by atoms with Gasteiger partial charge in [-0.3, -0.25) is 4.79 Å². The van der Waals surface area contributed by atoms with Gasteiger partial charge in [-0.2, -0.15) is 0 Å². The van der Waals surface area contributed by atoms with Gasteiger partial charge in [0, 0.05) is 23.2 Å².